The molecule has 0 aromatic heterocycles. The fourth-order valence-electron chi connectivity index (χ4n) is 2.29. The Labute approximate surface area is 132 Å². The topological polar surface area (TPSA) is 64.4 Å². The molecule has 5 heteroatoms. The van der Waals surface area contributed by atoms with Crippen molar-refractivity contribution in [2.45, 2.75) is 39.5 Å². The monoisotopic (exact) mass is 308 g/mol. The molecule has 116 valence electrons. The molecule has 0 atom stereocenters. The van der Waals surface area contributed by atoms with Gasteiger partial charge in [-0.05, 0) is 31.0 Å². The second kappa shape index (κ2) is 8.62. The van der Waals surface area contributed by atoms with Gasteiger partial charge in [-0.2, -0.15) is 0 Å². The predicted octanol–water partition coefficient (Wildman–Crippen LogP) is 3.48. The van der Waals surface area contributed by atoms with E-state index in [1.807, 2.05) is 0 Å². The number of ether oxygens (including phenoxy) is 1. The number of nitrogens with one attached hydrogen (secondary N) is 1. The summed E-state index contributed by atoms with van der Waals surface area (Å²) < 4.78 is 5.31. The van der Waals surface area contributed by atoms with E-state index in [4.69, 9.17) is 22.7 Å². The van der Waals surface area contributed by atoms with Crippen LogP contribution in [0.1, 0.15) is 45.1 Å². The number of rotatable bonds is 8. The second-order valence-corrected chi connectivity index (χ2v) is 5.48. The van der Waals surface area contributed by atoms with E-state index < -0.39 is 0 Å². The molecule has 0 aliphatic heterocycles. The number of carbonyl (C=O) groups excluding carboxylic acids is 1. The van der Waals surface area contributed by atoms with E-state index >= 15 is 0 Å². The predicted molar refractivity (Wildman–Crippen MR) is 90.8 cm³/mol. The Bertz CT molecular complexity index is 497. The van der Waals surface area contributed by atoms with Gasteiger partial charge in [-0.25, -0.2) is 0 Å². The molecule has 1 aromatic rings. The molecule has 1 aromatic carbocycles. The van der Waals surface area contributed by atoms with Gasteiger partial charge in [0.2, 0.25) is 5.91 Å². The number of thiocarbonyl (C=S) groups is 1. The molecule has 0 radical (unpaired) electrons. The summed E-state index contributed by atoms with van der Waals surface area (Å²) in [6.45, 7) is 4.18. The molecule has 0 heterocycles. The van der Waals surface area contributed by atoms with Gasteiger partial charge in [-0.3, -0.25) is 4.79 Å². The lowest BCUT2D eigenvalue weighted by Crippen LogP contribution is -2.23. The average molecular weight is 308 g/mol. The van der Waals surface area contributed by atoms with E-state index in [1.165, 1.54) is 0 Å². The van der Waals surface area contributed by atoms with Crippen molar-refractivity contribution in [3.63, 3.8) is 0 Å². The summed E-state index contributed by atoms with van der Waals surface area (Å²) >= 11 is 4.95. The van der Waals surface area contributed by atoms with Gasteiger partial charge in [0.1, 0.15) is 10.7 Å². The number of nitrogens with two attached hydrogens (primary N) is 1. The Kier molecular flexibility index (Phi) is 7.15. The Hall–Kier alpha value is -1.62. The number of anilines is 1. The molecule has 4 nitrogen and oxygen atoms in total. The first-order valence-electron chi connectivity index (χ1n) is 7.32. The number of benzene rings is 1. The smallest absolute Gasteiger partial charge is 0.227 e. The van der Waals surface area contributed by atoms with E-state index in [0.29, 0.717) is 16.4 Å². The van der Waals surface area contributed by atoms with Gasteiger partial charge in [0.05, 0.1) is 12.8 Å². The first-order chi connectivity index (χ1) is 10.0. The van der Waals surface area contributed by atoms with Crippen LogP contribution in [0.15, 0.2) is 18.2 Å². The summed E-state index contributed by atoms with van der Waals surface area (Å²) in [5, 5.41) is 2.95. The van der Waals surface area contributed by atoms with Crippen LogP contribution in [-0.2, 0) is 4.79 Å². The highest BCUT2D eigenvalue weighted by molar-refractivity contribution is 7.80. The highest BCUT2D eigenvalue weighted by Crippen LogP contribution is 2.27. The summed E-state index contributed by atoms with van der Waals surface area (Å²) in [6.07, 6.45) is 3.78. The van der Waals surface area contributed by atoms with E-state index in [9.17, 15) is 4.79 Å². The third kappa shape index (κ3) is 5.01. The zero-order chi connectivity index (χ0) is 15.8. The molecular weight excluding hydrogens is 284 g/mol. The van der Waals surface area contributed by atoms with Gasteiger partial charge < -0.3 is 15.8 Å². The van der Waals surface area contributed by atoms with Crippen LogP contribution in [-0.4, -0.2) is 18.0 Å². The van der Waals surface area contributed by atoms with Crippen molar-refractivity contribution in [2.75, 3.05) is 12.4 Å². The lowest BCUT2D eigenvalue weighted by Gasteiger charge is -2.17. The van der Waals surface area contributed by atoms with Gasteiger partial charge in [-0.1, -0.05) is 38.9 Å². The van der Waals surface area contributed by atoms with Crippen LogP contribution in [0.4, 0.5) is 5.69 Å². The summed E-state index contributed by atoms with van der Waals surface area (Å²) in [6, 6.07) is 5.31. The number of hydrogen-bond donors (Lipinski definition) is 2. The standard InChI is InChI=1S/C16H24N2O2S/c1-4-6-11(7-5-2)16(19)18-13-9-8-12(15(17)21)10-14(13)20-3/h8-11H,4-7H2,1-3H3,(H2,17,21)(H,18,19). The zero-order valence-corrected chi connectivity index (χ0v) is 13.8. The Morgan fingerprint density at radius 3 is 2.43 bits per heavy atom. The highest BCUT2D eigenvalue weighted by atomic mass is 32.1. The molecule has 0 aliphatic rings. The van der Waals surface area contributed by atoms with Crippen LogP contribution in [0.25, 0.3) is 0 Å². The molecule has 0 fully saturated rings. The maximum Gasteiger partial charge on any atom is 0.227 e. The fourth-order valence-corrected chi connectivity index (χ4v) is 2.41. The zero-order valence-electron chi connectivity index (χ0n) is 12.9. The first-order valence-corrected chi connectivity index (χ1v) is 7.72. The van der Waals surface area contributed by atoms with Gasteiger partial charge in [-0.15, -0.1) is 0 Å². The summed E-state index contributed by atoms with van der Waals surface area (Å²) in [5.41, 5.74) is 6.98. The molecule has 0 bridgehead atoms. The van der Waals surface area contributed by atoms with Crippen molar-refractivity contribution in [1.82, 2.24) is 0 Å². The Morgan fingerprint density at radius 1 is 1.33 bits per heavy atom. The molecule has 0 aliphatic carbocycles. The van der Waals surface area contributed by atoms with Gasteiger partial charge in [0.15, 0.2) is 0 Å². The maximum absolute atomic E-state index is 12.4. The summed E-state index contributed by atoms with van der Waals surface area (Å²) in [5.74, 6) is 0.653. The average Bonchev–Trinajstić information content (AvgIpc) is 2.47. The maximum atomic E-state index is 12.4. The molecule has 0 saturated heterocycles. The quantitative estimate of drug-likeness (QED) is 0.722. The molecule has 1 amide bonds. The van der Waals surface area contributed by atoms with Crippen LogP contribution in [0.2, 0.25) is 0 Å². The minimum atomic E-state index is 0.0416. The van der Waals surface area contributed by atoms with Crippen molar-refractivity contribution in [3.8, 4) is 5.75 Å². The van der Waals surface area contributed by atoms with Crippen LogP contribution in [0.5, 0.6) is 5.75 Å². The second-order valence-electron chi connectivity index (χ2n) is 5.04. The van der Waals surface area contributed by atoms with Gasteiger partial charge >= 0.3 is 0 Å². The number of hydrogen-bond acceptors (Lipinski definition) is 3. The Morgan fingerprint density at radius 2 is 1.95 bits per heavy atom. The third-order valence-electron chi connectivity index (χ3n) is 3.39. The lowest BCUT2D eigenvalue weighted by atomic mass is 9.97. The van der Waals surface area contributed by atoms with Crippen molar-refractivity contribution in [2.24, 2.45) is 11.7 Å². The minimum absolute atomic E-state index is 0.0416. The molecule has 3 N–H and O–H groups in total. The van der Waals surface area contributed by atoms with Crippen molar-refractivity contribution >= 4 is 28.8 Å². The lowest BCUT2D eigenvalue weighted by molar-refractivity contribution is -0.120. The molecule has 21 heavy (non-hydrogen) atoms. The molecule has 0 spiro atoms. The molecule has 1 rings (SSSR count). The number of amides is 1. The van der Waals surface area contributed by atoms with Crippen LogP contribution < -0.4 is 15.8 Å². The van der Waals surface area contributed by atoms with E-state index in [2.05, 4.69) is 19.2 Å². The van der Waals surface area contributed by atoms with E-state index in [1.54, 1.807) is 25.3 Å². The fraction of sp³-hybridized carbons (Fsp3) is 0.500. The van der Waals surface area contributed by atoms with E-state index in [0.717, 1.165) is 31.2 Å². The van der Waals surface area contributed by atoms with Crippen LogP contribution in [0, 0.1) is 5.92 Å². The van der Waals surface area contributed by atoms with Gasteiger partial charge in [0, 0.05) is 11.5 Å². The molecular formula is C16H24N2O2S. The number of carbonyl (C=O) groups is 1. The van der Waals surface area contributed by atoms with Crippen LogP contribution >= 0.6 is 12.2 Å². The molecule has 0 saturated carbocycles. The van der Waals surface area contributed by atoms with Crippen molar-refractivity contribution in [1.29, 1.82) is 0 Å². The summed E-state index contributed by atoms with van der Waals surface area (Å²) in [4.78, 5) is 12.7. The van der Waals surface area contributed by atoms with Gasteiger partial charge in [0.25, 0.3) is 0 Å². The highest BCUT2D eigenvalue weighted by Gasteiger charge is 2.18. The SMILES string of the molecule is CCCC(CCC)C(=O)Nc1ccc(C(N)=S)cc1OC. The third-order valence-corrected chi connectivity index (χ3v) is 3.62. The first kappa shape index (κ1) is 17.4. The summed E-state index contributed by atoms with van der Waals surface area (Å²) in [7, 11) is 1.56. The van der Waals surface area contributed by atoms with Crippen molar-refractivity contribution in [3.05, 3.63) is 23.8 Å². The minimum Gasteiger partial charge on any atom is -0.495 e. The van der Waals surface area contributed by atoms with Crippen LogP contribution in [0.3, 0.4) is 0 Å². The number of methoxy groups -OCH3 is 1. The van der Waals surface area contributed by atoms with Crippen molar-refractivity contribution < 1.29 is 9.53 Å². The Balaban J connectivity index is 2.90. The van der Waals surface area contributed by atoms with E-state index in [-0.39, 0.29) is 11.8 Å². The normalized spacial score (nSPS) is 10.5. The largest absolute Gasteiger partial charge is 0.495 e. The molecule has 0 unspecified atom stereocenters.